The molecule has 0 unspecified atom stereocenters. The molecule has 3 nitrogen and oxygen atoms in total. The third kappa shape index (κ3) is 4.92. The minimum Gasteiger partial charge on any atom is -0.458 e. The van der Waals surface area contributed by atoms with Gasteiger partial charge in [-0.15, -0.1) is 0 Å². The predicted octanol–water partition coefficient (Wildman–Crippen LogP) is 6.37. The quantitative estimate of drug-likeness (QED) is 0.525. The summed E-state index contributed by atoms with van der Waals surface area (Å²) in [6, 6.07) is 6.31. The van der Waals surface area contributed by atoms with Gasteiger partial charge in [-0.05, 0) is 55.0 Å². The van der Waals surface area contributed by atoms with Gasteiger partial charge in [0.15, 0.2) is 5.70 Å². The highest BCUT2D eigenvalue weighted by Gasteiger charge is 2.37. The van der Waals surface area contributed by atoms with E-state index in [4.69, 9.17) is 9.47 Å². The van der Waals surface area contributed by atoms with Gasteiger partial charge in [-0.2, -0.15) is 26.3 Å². The first-order valence-corrected chi connectivity index (χ1v) is 8.56. The van der Waals surface area contributed by atoms with Crippen LogP contribution in [0.2, 0.25) is 0 Å². The molecule has 0 radical (unpaired) electrons. The zero-order valence-electron chi connectivity index (χ0n) is 15.3. The third-order valence-electron chi connectivity index (χ3n) is 4.18. The highest BCUT2D eigenvalue weighted by molar-refractivity contribution is 5.76. The first-order valence-electron chi connectivity index (χ1n) is 8.56. The van der Waals surface area contributed by atoms with Crippen molar-refractivity contribution >= 4 is 11.9 Å². The number of hydrogen-bond donors (Lipinski definition) is 0. The van der Waals surface area contributed by atoms with Crippen molar-refractivity contribution in [1.82, 2.24) is 0 Å². The molecule has 160 valence electrons. The molecule has 0 amide bonds. The minimum absolute atomic E-state index is 0.0108. The average molecular weight is 433 g/mol. The van der Waals surface area contributed by atoms with Gasteiger partial charge in [0.1, 0.15) is 18.5 Å². The van der Waals surface area contributed by atoms with Gasteiger partial charge >= 0.3 is 18.3 Å². The number of halogens is 7. The number of benzene rings is 2. The number of alkyl halides is 6. The molecule has 1 aliphatic heterocycles. The van der Waals surface area contributed by atoms with Crippen LogP contribution < -0.4 is 0 Å². The Hall–Kier alpha value is -3.04. The summed E-state index contributed by atoms with van der Waals surface area (Å²) in [5.41, 5.74) is -2.71. The molecule has 0 aromatic heterocycles. The molecule has 0 aliphatic carbocycles. The van der Waals surface area contributed by atoms with Gasteiger partial charge in [0.05, 0.1) is 11.1 Å². The molecule has 0 spiro atoms. The van der Waals surface area contributed by atoms with E-state index in [1.807, 2.05) is 0 Å². The Kier molecular flexibility index (Phi) is 5.78. The molecular weight excluding hydrogens is 419 g/mol. The van der Waals surface area contributed by atoms with E-state index in [1.165, 1.54) is 25.3 Å². The van der Waals surface area contributed by atoms with Gasteiger partial charge in [-0.3, -0.25) is 0 Å². The van der Waals surface area contributed by atoms with Crippen molar-refractivity contribution in [3.8, 4) is 0 Å². The van der Waals surface area contributed by atoms with E-state index in [1.54, 1.807) is 0 Å². The maximum atomic E-state index is 13.1. The monoisotopic (exact) mass is 433 g/mol. The molecule has 1 aliphatic rings. The summed E-state index contributed by atoms with van der Waals surface area (Å²) < 4.78 is 103. The molecule has 0 fully saturated rings. The topological polar surface area (TPSA) is 30.8 Å². The summed E-state index contributed by atoms with van der Waals surface area (Å²) in [5, 5.41) is 0. The Balaban J connectivity index is 1.98. The van der Waals surface area contributed by atoms with Crippen molar-refractivity contribution in [2.75, 3.05) is 6.61 Å². The lowest BCUT2D eigenvalue weighted by molar-refractivity contribution is -0.143. The van der Waals surface area contributed by atoms with Gasteiger partial charge in [0, 0.05) is 11.8 Å². The van der Waals surface area contributed by atoms with Crippen molar-refractivity contribution < 1.29 is 40.2 Å². The van der Waals surface area contributed by atoms with Crippen LogP contribution in [0.25, 0.3) is 5.70 Å². The molecule has 1 heterocycles. The van der Waals surface area contributed by atoms with Gasteiger partial charge in [0.2, 0.25) is 0 Å². The Morgan fingerprint density at radius 1 is 0.933 bits per heavy atom. The predicted molar refractivity (Wildman–Crippen MR) is 93.7 cm³/mol. The molecule has 30 heavy (non-hydrogen) atoms. The minimum atomic E-state index is -4.97. The number of nitrogens with zero attached hydrogens (tertiary/aromatic N) is 1. The van der Waals surface area contributed by atoms with E-state index in [0.717, 1.165) is 12.1 Å². The van der Waals surface area contributed by atoms with Crippen LogP contribution in [0, 0.1) is 5.82 Å². The molecule has 0 N–H and O–H groups in total. The number of hydrogen-bond acceptors (Lipinski definition) is 3. The van der Waals surface area contributed by atoms with E-state index < -0.39 is 35.4 Å². The molecule has 10 heteroatoms. The van der Waals surface area contributed by atoms with Crippen LogP contribution >= 0.6 is 0 Å². The zero-order valence-corrected chi connectivity index (χ0v) is 15.3. The summed E-state index contributed by atoms with van der Waals surface area (Å²) in [6.07, 6.45) is -9.78. The number of rotatable bonds is 4. The largest absolute Gasteiger partial charge is 0.458 e. The average Bonchev–Trinajstić information content (AvgIpc) is 2.67. The van der Waals surface area contributed by atoms with E-state index in [2.05, 4.69) is 4.99 Å². The van der Waals surface area contributed by atoms with Crippen LogP contribution in [-0.4, -0.2) is 12.8 Å². The summed E-state index contributed by atoms with van der Waals surface area (Å²) in [6.45, 7) is 1.27. The lowest BCUT2D eigenvalue weighted by Crippen LogP contribution is -2.14. The van der Waals surface area contributed by atoms with Crippen LogP contribution in [0.1, 0.15) is 35.3 Å². The maximum absolute atomic E-state index is 13.1. The van der Waals surface area contributed by atoms with Gasteiger partial charge in [-0.1, -0.05) is 0 Å². The molecule has 0 saturated heterocycles. The standard InChI is InChI=1S/C20H14F7NO2/c1-11(13-8-14(19(22,23)24)10-15(9-13)20(25,26)27)30-18-17(28-6-7-29-18)12-2-4-16(21)5-3-12/h2-6,8-11H,7H2,1H3/t11-/m1/s1. The Morgan fingerprint density at radius 2 is 1.50 bits per heavy atom. The second-order valence-electron chi connectivity index (χ2n) is 6.36. The summed E-state index contributed by atoms with van der Waals surface area (Å²) >= 11 is 0. The fourth-order valence-electron chi connectivity index (χ4n) is 2.69. The van der Waals surface area contributed by atoms with Crippen molar-refractivity contribution in [1.29, 1.82) is 0 Å². The number of ether oxygens (including phenoxy) is 2. The van der Waals surface area contributed by atoms with Crippen LogP contribution in [-0.2, 0) is 21.8 Å². The molecular formula is C20H14F7NO2. The molecule has 2 aromatic carbocycles. The highest BCUT2D eigenvalue weighted by Crippen LogP contribution is 2.38. The first-order chi connectivity index (χ1) is 13.9. The van der Waals surface area contributed by atoms with Crippen molar-refractivity contribution in [2.24, 2.45) is 4.99 Å². The summed E-state index contributed by atoms with van der Waals surface area (Å²) in [4.78, 5) is 4.09. The second-order valence-corrected chi connectivity index (χ2v) is 6.36. The van der Waals surface area contributed by atoms with Crippen LogP contribution in [0.15, 0.2) is 53.4 Å². The highest BCUT2D eigenvalue weighted by atomic mass is 19.4. The molecule has 0 bridgehead atoms. The van der Waals surface area contributed by atoms with Crippen molar-refractivity contribution in [3.05, 3.63) is 76.5 Å². The fourth-order valence-corrected chi connectivity index (χ4v) is 2.69. The lowest BCUT2D eigenvalue weighted by atomic mass is 10.0. The summed E-state index contributed by atoms with van der Waals surface area (Å²) in [5.74, 6) is -0.692. The molecule has 1 atom stereocenters. The zero-order chi connectivity index (χ0) is 22.1. The second kappa shape index (κ2) is 8.00. The SMILES string of the molecule is C[C@@H](OC1=C(c2ccc(F)cc2)N=CCO1)c1cc(C(F)(F)F)cc(C(F)(F)F)c1. The Morgan fingerprint density at radius 3 is 2.03 bits per heavy atom. The summed E-state index contributed by atoms with van der Waals surface area (Å²) in [7, 11) is 0. The van der Waals surface area contributed by atoms with Crippen molar-refractivity contribution in [3.63, 3.8) is 0 Å². The Bertz CT molecular complexity index is 944. The fraction of sp³-hybridized carbons (Fsp3) is 0.250. The molecule has 2 aromatic rings. The van der Waals surface area contributed by atoms with E-state index >= 15 is 0 Å². The van der Waals surface area contributed by atoms with Gasteiger partial charge < -0.3 is 9.47 Å². The third-order valence-corrected chi connectivity index (χ3v) is 4.18. The normalized spacial score (nSPS) is 15.7. The van der Waals surface area contributed by atoms with Gasteiger partial charge in [-0.25, -0.2) is 9.38 Å². The molecule has 0 saturated carbocycles. The maximum Gasteiger partial charge on any atom is 0.416 e. The number of aliphatic imine (C=N–C) groups is 1. The Labute approximate surface area is 166 Å². The molecule has 3 rings (SSSR count). The first kappa shape index (κ1) is 21.7. The lowest BCUT2D eigenvalue weighted by Gasteiger charge is -2.23. The van der Waals surface area contributed by atoms with Gasteiger partial charge in [0.25, 0.3) is 0 Å². The van der Waals surface area contributed by atoms with Crippen LogP contribution in [0.5, 0.6) is 0 Å². The van der Waals surface area contributed by atoms with E-state index in [-0.39, 0.29) is 29.9 Å². The smallest absolute Gasteiger partial charge is 0.416 e. The van der Waals surface area contributed by atoms with E-state index in [9.17, 15) is 30.7 Å². The van der Waals surface area contributed by atoms with Crippen LogP contribution in [0.4, 0.5) is 30.7 Å². The van der Waals surface area contributed by atoms with E-state index in [0.29, 0.717) is 17.7 Å². The van der Waals surface area contributed by atoms with Crippen LogP contribution in [0.3, 0.4) is 0 Å². The van der Waals surface area contributed by atoms with Crippen molar-refractivity contribution in [2.45, 2.75) is 25.4 Å².